The average molecular weight is 409 g/mol. The van der Waals surface area contributed by atoms with Crippen LogP contribution in [0.2, 0.25) is 0 Å². The molecule has 0 N–H and O–H groups in total. The van der Waals surface area contributed by atoms with Gasteiger partial charge in [-0.25, -0.2) is 14.4 Å². The van der Waals surface area contributed by atoms with Gasteiger partial charge >= 0.3 is 0 Å². The zero-order valence-electron chi connectivity index (χ0n) is 16.2. The highest BCUT2D eigenvalue weighted by Gasteiger charge is 2.31. The summed E-state index contributed by atoms with van der Waals surface area (Å²) >= 11 is 1.36. The molecule has 0 amide bonds. The number of rotatable bonds is 3. The van der Waals surface area contributed by atoms with Crippen LogP contribution < -0.4 is 5.56 Å². The van der Waals surface area contributed by atoms with E-state index in [4.69, 9.17) is 9.72 Å². The molecule has 148 valence electrons. The maximum Gasteiger partial charge on any atom is 0.271 e. The monoisotopic (exact) mass is 409 g/mol. The zero-order chi connectivity index (χ0) is 20.2. The van der Waals surface area contributed by atoms with E-state index in [1.54, 1.807) is 18.2 Å². The standard InChI is InChI=1S/C22H20FN3O2S/c1-3-22(2)9-17-14(11-28-22)8-15-18-19(29-20(15)25-17)21(27)26(12-24-18)10-13-6-4-5-7-16(13)23/h4-8,12H,3,9-11H2,1-2H3. The maximum absolute atomic E-state index is 14.0. The van der Waals surface area contributed by atoms with E-state index in [1.807, 2.05) is 0 Å². The number of pyridine rings is 1. The fourth-order valence-corrected chi connectivity index (χ4v) is 4.84. The van der Waals surface area contributed by atoms with E-state index in [0.717, 1.165) is 34.3 Å². The third kappa shape index (κ3) is 3.05. The van der Waals surface area contributed by atoms with Crippen molar-refractivity contribution in [1.29, 1.82) is 0 Å². The number of hydrogen-bond donors (Lipinski definition) is 0. The van der Waals surface area contributed by atoms with E-state index in [0.29, 0.717) is 22.4 Å². The number of fused-ring (bicyclic) bond motifs is 4. The van der Waals surface area contributed by atoms with E-state index in [9.17, 15) is 9.18 Å². The second kappa shape index (κ2) is 6.71. The van der Waals surface area contributed by atoms with Gasteiger partial charge in [0.15, 0.2) is 0 Å². The molecule has 4 heterocycles. The molecule has 0 bridgehead atoms. The van der Waals surface area contributed by atoms with Crippen LogP contribution in [0.3, 0.4) is 0 Å². The first-order valence-electron chi connectivity index (χ1n) is 9.65. The molecule has 5 nitrogen and oxygen atoms in total. The van der Waals surface area contributed by atoms with Crippen LogP contribution >= 0.6 is 11.3 Å². The highest BCUT2D eigenvalue weighted by atomic mass is 32.1. The van der Waals surface area contributed by atoms with Crippen molar-refractivity contribution in [2.45, 2.75) is 45.4 Å². The Bertz CT molecular complexity index is 1310. The van der Waals surface area contributed by atoms with Gasteiger partial charge in [0.25, 0.3) is 5.56 Å². The molecular weight excluding hydrogens is 389 g/mol. The van der Waals surface area contributed by atoms with Gasteiger partial charge in [-0.15, -0.1) is 11.3 Å². The van der Waals surface area contributed by atoms with Gasteiger partial charge in [0.2, 0.25) is 0 Å². The molecule has 1 aromatic carbocycles. The molecule has 0 saturated carbocycles. The number of benzene rings is 1. The lowest BCUT2D eigenvalue weighted by atomic mass is 9.91. The van der Waals surface area contributed by atoms with Crippen LogP contribution in [-0.2, 0) is 24.3 Å². The van der Waals surface area contributed by atoms with Gasteiger partial charge < -0.3 is 4.74 Å². The van der Waals surface area contributed by atoms with E-state index in [1.165, 1.54) is 28.3 Å². The Kier molecular flexibility index (Phi) is 4.26. The minimum atomic E-state index is -0.329. The average Bonchev–Trinajstić information content (AvgIpc) is 3.08. The first-order valence-corrected chi connectivity index (χ1v) is 10.5. The Morgan fingerprint density at radius 2 is 2.17 bits per heavy atom. The quantitative estimate of drug-likeness (QED) is 0.502. The molecule has 0 radical (unpaired) electrons. The van der Waals surface area contributed by atoms with Crippen LogP contribution in [0.4, 0.5) is 4.39 Å². The molecule has 3 aromatic heterocycles. The van der Waals surface area contributed by atoms with Crippen LogP contribution in [0.25, 0.3) is 20.4 Å². The molecule has 0 saturated heterocycles. The number of thiophene rings is 1. The Morgan fingerprint density at radius 3 is 2.97 bits per heavy atom. The van der Waals surface area contributed by atoms with Gasteiger partial charge in [-0.2, -0.15) is 0 Å². The van der Waals surface area contributed by atoms with Crippen molar-refractivity contribution >= 4 is 31.8 Å². The molecular formula is C22H20FN3O2S. The summed E-state index contributed by atoms with van der Waals surface area (Å²) in [5.74, 6) is -0.329. The van der Waals surface area contributed by atoms with Crippen molar-refractivity contribution in [2.24, 2.45) is 0 Å². The molecule has 5 rings (SSSR count). The Hall–Kier alpha value is -2.64. The Morgan fingerprint density at radius 1 is 1.34 bits per heavy atom. The predicted molar refractivity (Wildman–Crippen MR) is 112 cm³/mol. The number of halogens is 1. The zero-order valence-corrected chi connectivity index (χ0v) is 17.1. The van der Waals surface area contributed by atoms with Crippen molar-refractivity contribution < 1.29 is 9.13 Å². The van der Waals surface area contributed by atoms with Crippen molar-refractivity contribution in [1.82, 2.24) is 14.5 Å². The van der Waals surface area contributed by atoms with Gasteiger partial charge in [0.1, 0.15) is 15.3 Å². The number of aromatic nitrogens is 3. The highest BCUT2D eigenvalue weighted by molar-refractivity contribution is 7.25. The van der Waals surface area contributed by atoms with E-state index < -0.39 is 0 Å². The van der Waals surface area contributed by atoms with E-state index in [-0.39, 0.29) is 23.5 Å². The summed E-state index contributed by atoms with van der Waals surface area (Å²) in [5, 5.41) is 0.877. The van der Waals surface area contributed by atoms with Crippen LogP contribution in [0, 0.1) is 5.82 Å². The van der Waals surface area contributed by atoms with Crippen LogP contribution in [0.15, 0.2) is 41.5 Å². The highest BCUT2D eigenvalue weighted by Crippen LogP contribution is 2.35. The lowest BCUT2D eigenvalue weighted by Gasteiger charge is -2.33. The second-order valence-corrected chi connectivity index (χ2v) is 8.76. The molecule has 1 atom stereocenters. The SMILES string of the molecule is CCC1(C)Cc2nc3sc4c(=O)n(Cc5ccccc5F)cnc4c3cc2CO1. The molecule has 1 aliphatic rings. The molecule has 7 heteroatoms. The van der Waals surface area contributed by atoms with Crippen molar-refractivity contribution in [3.63, 3.8) is 0 Å². The number of hydrogen-bond acceptors (Lipinski definition) is 5. The van der Waals surface area contributed by atoms with Crippen molar-refractivity contribution in [3.8, 4) is 0 Å². The van der Waals surface area contributed by atoms with Gasteiger partial charge in [-0.3, -0.25) is 9.36 Å². The summed E-state index contributed by atoms with van der Waals surface area (Å²) in [4.78, 5) is 23.2. The molecule has 0 fully saturated rings. The van der Waals surface area contributed by atoms with Crippen LogP contribution in [0.1, 0.15) is 37.1 Å². The smallest absolute Gasteiger partial charge is 0.271 e. The summed E-state index contributed by atoms with van der Waals surface area (Å²) in [6.45, 7) is 4.89. The fourth-order valence-electron chi connectivity index (χ4n) is 3.76. The van der Waals surface area contributed by atoms with Crippen LogP contribution in [0.5, 0.6) is 0 Å². The molecule has 29 heavy (non-hydrogen) atoms. The first-order chi connectivity index (χ1) is 14.0. The maximum atomic E-state index is 14.0. The van der Waals surface area contributed by atoms with Gasteiger partial charge in [0.05, 0.1) is 36.3 Å². The van der Waals surface area contributed by atoms with E-state index >= 15 is 0 Å². The Labute approximate surface area is 170 Å². The van der Waals surface area contributed by atoms with Gasteiger partial charge in [0, 0.05) is 22.9 Å². The van der Waals surface area contributed by atoms with Crippen molar-refractivity contribution in [3.05, 3.63) is 69.7 Å². The summed E-state index contributed by atoms with van der Waals surface area (Å²) in [6.07, 6.45) is 3.17. The topological polar surface area (TPSA) is 57.0 Å². The third-order valence-electron chi connectivity index (χ3n) is 5.77. The minimum absolute atomic E-state index is 0.148. The third-order valence-corrected chi connectivity index (χ3v) is 6.85. The van der Waals surface area contributed by atoms with Gasteiger partial charge in [-0.05, 0) is 25.5 Å². The van der Waals surface area contributed by atoms with E-state index in [2.05, 4.69) is 24.9 Å². The lowest BCUT2D eigenvalue weighted by molar-refractivity contribution is -0.0573. The predicted octanol–water partition coefficient (Wildman–Crippen LogP) is 4.44. The summed E-state index contributed by atoms with van der Waals surface area (Å²) < 4.78 is 22.0. The summed E-state index contributed by atoms with van der Waals surface area (Å²) in [7, 11) is 0. The normalized spacial score (nSPS) is 19.0. The molecule has 1 unspecified atom stereocenters. The largest absolute Gasteiger partial charge is 0.370 e. The Balaban J connectivity index is 1.62. The fraction of sp³-hybridized carbons (Fsp3) is 0.318. The summed E-state index contributed by atoms with van der Waals surface area (Å²) in [6, 6.07) is 8.52. The molecule has 1 aliphatic heterocycles. The second-order valence-electron chi connectivity index (χ2n) is 7.76. The molecule has 0 spiro atoms. The summed E-state index contributed by atoms with van der Waals surface area (Å²) in [5.41, 5.74) is 2.83. The minimum Gasteiger partial charge on any atom is -0.370 e. The number of ether oxygens (including phenoxy) is 1. The molecule has 0 aliphatic carbocycles. The lowest BCUT2D eigenvalue weighted by Crippen LogP contribution is -2.35. The molecule has 4 aromatic rings. The first kappa shape index (κ1) is 18.4. The number of nitrogens with zero attached hydrogens (tertiary/aromatic N) is 3. The van der Waals surface area contributed by atoms with Gasteiger partial charge in [-0.1, -0.05) is 25.1 Å². The van der Waals surface area contributed by atoms with Crippen molar-refractivity contribution in [2.75, 3.05) is 0 Å². The van der Waals surface area contributed by atoms with Crippen LogP contribution in [-0.4, -0.2) is 20.1 Å².